The molecule has 23 heavy (non-hydrogen) atoms. The predicted octanol–water partition coefficient (Wildman–Crippen LogP) is 0.998. The van der Waals surface area contributed by atoms with Crippen LogP contribution >= 0.6 is 0 Å². The molecule has 1 aromatic rings. The van der Waals surface area contributed by atoms with Crippen molar-refractivity contribution in [2.24, 2.45) is 11.7 Å². The third kappa shape index (κ3) is 3.32. The molecule has 0 spiro atoms. The molecule has 2 aliphatic heterocycles. The molecular formula is C17H23N3O3. The van der Waals surface area contributed by atoms with Crippen LogP contribution in [0.5, 0.6) is 5.75 Å². The Balaban J connectivity index is 1.67. The van der Waals surface area contributed by atoms with Crippen molar-refractivity contribution in [1.82, 2.24) is 4.90 Å². The lowest BCUT2D eigenvalue weighted by Crippen LogP contribution is -2.48. The molecule has 6 heteroatoms. The largest absolute Gasteiger partial charge is 0.497 e. The van der Waals surface area contributed by atoms with Crippen LogP contribution < -0.4 is 15.4 Å². The first-order chi connectivity index (χ1) is 11.1. The predicted molar refractivity (Wildman–Crippen MR) is 87.2 cm³/mol. The number of amides is 2. The fraction of sp³-hybridized carbons (Fsp3) is 0.529. The van der Waals surface area contributed by atoms with Gasteiger partial charge in [-0.15, -0.1) is 0 Å². The number of carbonyl (C=O) groups excluding carboxylic acids is 2. The van der Waals surface area contributed by atoms with Crippen LogP contribution in [-0.2, 0) is 9.59 Å². The monoisotopic (exact) mass is 317 g/mol. The third-order valence-corrected chi connectivity index (χ3v) is 4.63. The summed E-state index contributed by atoms with van der Waals surface area (Å²) >= 11 is 0. The van der Waals surface area contributed by atoms with Gasteiger partial charge in [0.1, 0.15) is 5.75 Å². The second-order valence-electron chi connectivity index (χ2n) is 6.29. The molecule has 2 saturated heterocycles. The van der Waals surface area contributed by atoms with Gasteiger partial charge in [0.05, 0.1) is 13.0 Å². The van der Waals surface area contributed by atoms with E-state index < -0.39 is 0 Å². The van der Waals surface area contributed by atoms with Gasteiger partial charge < -0.3 is 20.3 Å². The summed E-state index contributed by atoms with van der Waals surface area (Å²) in [6.07, 6.45) is 2.18. The standard InChI is InChI=1S/C17H23N3O3/c1-23-15-6-4-14(5-7-15)20-10-12(9-16(20)21)17(22)19-8-2-3-13(18)11-19/h4-7,12-13H,2-3,8-11,18H2,1H3. The minimum absolute atomic E-state index is 0.00479. The number of rotatable bonds is 3. The number of hydrogen-bond donors (Lipinski definition) is 1. The van der Waals surface area contributed by atoms with E-state index in [1.165, 1.54) is 0 Å². The Labute approximate surface area is 136 Å². The van der Waals surface area contributed by atoms with Crippen molar-refractivity contribution in [3.63, 3.8) is 0 Å². The highest BCUT2D eigenvalue weighted by molar-refractivity contribution is 6.00. The summed E-state index contributed by atoms with van der Waals surface area (Å²) in [5.74, 6) is 0.532. The van der Waals surface area contributed by atoms with Gasteiger partial charge >= 0.3 is 0 Å². The van der Waals surface area contributed by atoms with Crippen LogP contribution in [0.15, 0.2) is 24.3 Å². The van der Waals surface area contributed by atoms with Gasteiger partial charge in [0.2, 0.25) is 11.8 Å². The number of benzene rings is 1. The average Bonchev–Trinajstić information content (AvgIpc) is 2.96. The molecule has 0 aliphatic carbocycles. The zero-order valence-electron chi connectivity index (χ0n) is 13.4. The van der Waals surface area contributed by atoms with Crippen molar-refractivity contribution in [3.8, 4) is 5.75 Å². The van der Waals surface area contributed by atoms with Crippen LogP contribution in [0.4, 0.5) is 5.69 Å². The normalized spacial score (nSPS) is 24.9. The highest BCUT2D eigenvalue weighted by atomic mass is 16.5. The molecule has 2 atom stereocenters. The third-order valence-electron chi connectivity index (χ3n) is 4.63. The number of anilines is 1. The zero-order chi connectivity index (χ0) is 16.4. The Bertz CT molecular complexity index is 587. The Morgan fingerprint density at radius 3 is 2.65 bits per heavy atom. The molecule has 124 valence electrons. The lowest BCUT2D eigenvalue weighted by atomic mass is 10.0. The van der Waals surface area contributed by atoms with Gasteiger partial charge in [-0.2, -0.15) is 0 Å². The number of likely N-dealkylation sites (tertiary alicyclic amines) is 1. The molecule has 0 aromatic heterocycles. The van der Waals surface area contributed by atoms with Gasteiger partial charge in [0.25, 0.3) is 0 Å². The lowest BCUT2D eigenvalue weighted by molar-refractivity contribution is -0.136. The van der Waals surface area contributed by atoms with Crippen LogP contribution in [0.2, 0.25) is 0 Å². The quantitative estimate of drug-likeness (QED) is 0.902. The first kappa shape index (κ1) is 15.8. The lowest BCUT2D eigenvalue weighted by Gasteiger charge is -2.32. The summed E-state index contributed by atoms with van der Waals surface area (Å²) in [7, 11) is 1.61. The molecule has 0 saturated carbocycles. The topological polar surface area (TPSA) is 75.9 Å². The van der Waals surface area contributed by atoms with Crippen molar-refractivity contribution in [3.05, 3.63) is 24.3 Å². The summed E-state index contributed by atoms with van der Waals surface area (Å²) in [6.45, 7) is 1.79. The maximum absolute atomic E-state index is 12.6. The number of methoxy groups -OCH3 is 1. The summed E-state index contributed by atoms with van der Waals surface area (Å²) in [4.78, 5) is 28.4. The molecule has 2 amide bonds. The fourth-order valence-electron chi connectivity index (χ4n) is 3.35. The highest BCUT2D eigenvalue weighted by Gasteiger charge is 2.38. The Morgan fingerprint density at radius 1 is 1.26 bits per heavy atom. The van der Waals surface area contributed by atoms with E-state index >= 15 is 0 Å². The van der Waals surface area contributed by atoms with Gasteiger partial charge in [-0.1, -0.05) is 0 Å². The van der Waals surface area contributed by atoms with E-state index in [1.807, 2.05) is 29.2 Å². The number of nitrogens with two attached hydrogens (primary N) is 1. The van der Waals surface area contributed by atoms with Gasteiger partial charge in [0.15, 0.2) is 0 Å². The van der Waals surface area contributed by atoms with Gasteiger partial charge in [-0.05, 0) is 37.1 Å². The van der Waals surface area contributed by atoms with Crippen molar-refractivity contribution >= 4 is 17.5 Å². The minimum Gasteiger partial charge on any atom is -0.497 e. The van der Waals surface area contributed by atoms with E-state index in [2.05, 4.69) is 0 Å². The number of nitrogens with zero attached hydrogens (tertiary/aromatic N) is 2. The molecule has 2 heterocycles. The summed E-state index contributed by atoms with van der Waals surface area (Å²) in [5.41, 5.74) is 6.76. The molecule has 0 radical (unpaired) electrons. The zero-order valence-corrected chi connectivity index (χ0v) is 13.4. The highest BCUT2D eigenvalue weighted by Crippen LogP contribution is 2.28. The number of carbonyl (C=O) groups is 2. The van der Waals surface area contributed by atoms with Gasteiger partial charge in [0, 0.05) is 37.8 Å². The SMILES string of the molecule is COc1ccc(N2CC(C(=O)N3CCCC(N)C3)CC2=O)cc1. The maximum Gasteiger partial charge on any atom is 0.228 e. The Kier molecular flexibility index (Phi) is 4.52. The number of ether oxygens (including phenoxy) is 1. The number of hydrogen-bond acceptors (Lipinski definition) is 4. The molecule has 1 aromatic carbocycles. The Morgan fingerprint density at radius 2 is 2.00 bits per heavy atom. The summed E-state index contributed by atoms with van der Waals surface area (Å²) < 4.78 is 5.13. The molecule has 3 rings (SSSR count). The summed E-state index contributed by atoms with van der Waals surface area (Å²) in [5, 5.41) is 0. The van der Waals surface area contributed by atoms with E-state index in [0.717, 1.165) is 30.8 Å². The van der Waals surface area contributed by atoms with Crippen molar-refractivity contribution in [2.75, 3.05) is 31.6 Å². The second kappa shape index (κ2) is 6.58. The smallest absolute Gasteiger partial charge is 0.228 e. The molecule has 6 nitrogen and oxygen atoms in total. The first-order valence-corrected chi connectivity index (χ1v) is 8.07. The molecule has 2 aliphatic rings. The minimum atomic E-state index is -0.269. The molecule has 2 N–H and O–H groups in total. The van der Waals surface area contributed by atoms with Crippen molar-refractivity contribution in [2.45, 2.75) is 25.3 Å². The first-order valence-electron chi connectivity index (χ1n) is 8.07. The molecule has 2 unspecified atom stereocenters. The van der Waals surface area contributed by atoms with Gasteiger partial charge in [-0.25, -0.2) is 0 Å². The molecule has 2 fully saturated rings. The van der Waals surface area contributed by atoms with Gasteiger partial charge in [-0.3, -0.25) is 9.59 Å². The van der Waals surface area contributed by atoms with E-state index in [4.69, 9.17) is 10.5 Å². The van der Waals surface area contributed by atoms with Crippen LogP contribution in [0, 0.1) is 5.92 Å². The Hall–Kier alpha value is -2.08. The van der Waals surface area contributed by atoms with E-state index in [9.17, 15) is 9.59 Å². The van der Waals surface area contributed by atoms with E-state index in [-0.39, 0.29) is 30.2 Å². The van der Waals surface area contributed by atoms with Crippen LogP contribution in [0.1, 0.15) is 19.3 Å². The second-order valence-corrected chi connectivity index (χ2v) is 6.29. The van der Waals surface area contributed by atoms with E-state index in [1.54, 1.807) is 12.0 Å². The molecule has 0 bridgehead atoms. The van der Waals surface area contributed by atoms with E-state index in [0.29, 0.717) is 13.1 Å². The number of piperidine rings is 1. The average molecular weight is 317 g/mol. The molecular weight excluding hydrogens is 294 g/mol. The van der Waals surface area contributed by atoms with Crippen molar-refractivity contribution < 1.29 is 14.3 Å². The van der Waals surface area contributed by atoms with Crippen LogP contribution in [0.3, 0.4) is 0 Å². The maximum atomic E-state index is 12.6. The van der Waals surface area contributed by atoms with Crippen LogP contribution in [0.25, 0.3) is 0 Å². The summed E-state index contributed by atoms with van der Waals surface area (Å²) in [6, 6.07) is 7.39. The fourth-order valence-corrected chi connectivity index (χ4v) is 3.35. The van der Waals surface area contributed by atoms with Crippen LogP contribution in [-0.4, -0.2) is 49.5 Å². The van der Waals surface area contributed by atoms with Crippen molar-refractivity contribution in [1.29, 1.82) is 0 Å².